The van der Waals surface area contributed by atoms with Crippen molar-refractivity contribution < 1.29 is 0 Å². The van der Waals surface area contributed by atoms with Crippen LogP contribution >= 0.6 is 23.6 Å². The van der Waals surface area contributed by atoms with Gasteiger partial charge in [-0.25, -0.2) is 4.98 Å². The topological polar surface area (TPSA) is 28.7 Å². The lowest BCUT2D eigenvalue weighted by molar-refractivity contribution is 1.22. The van der Waals surface area contributed by atoms with Gasteiger partial charge in [0.15, 0.2) is 0 Å². The number of H-pyrrole nitrogens is 1. The van der Waals surface area contributed by atoms with Crippen LogP contribution in [0.25, 0.3) is 20.3 Å². The normalized spacial score (nSPS) is 11.1. The highest BCUT2D eigenvalue weighted by atomic mass is 32.1. The van der Waals surface area contributed by atoms with E-state index in [9.17, 15) is 0 Å². The van der Waals surface area contributed by atoms with E-state index >= 15 is 0 Å². The van der Waals surface area contributed by atoms with Crippen molar-refractivity contribution >= 4 is 43.9 Å². The molecule has 0 atom stereocenters. The third-order valence-corrected chi connectivity index (χ3v) is 3.80. The first-order valence-electron chi connectivity index (χ1n) is 4.21. The Balaban J connectivity index is 2.70. The maximum absolute atomic E-state index is 5.17. The minimum atomic E-state index is 0.681. The molecular weight excluding hydrogens is 212 g/mol. The average Bonchev–Trinajstić information content (AvgIpc) is 2.59. The molecule has 3 aromatic rings. The van der Waals surface area contributed by atoms with Gasteiger partial charge in [0, 0.05) is 10.1 Å². The summed E-state index contributed by atoms with van der Waals surface area (Å²) in [4.78, 5) is 7.22. The number of hydrogen-bond acceptors (Lipinski definition) is 3. The lowest BCUT2D eigenvalue weighted by Crippen LogP contribution is -1.77. The second kappa shape index (κ2) is 2.87. The van der Waals surface area contributed by atoms with Crippen LogP contribution in [0.15, 0.2) is 30.6 Å². The summed E-state index contributed by atoms with van der Waals surface area (Å²) in [6.07, 6.45) is 1.66. The van der Waals surface area contributed by atoms with E-state index in [2.05, 4.69) is 22.1 Å². The van der Waals surface area contributed by atoms with Gasteiger partial charge in [0.05, 0.1) is 16.5 Å². The predicted octanol–water partition coefficient (Wildman–Crippen LogP) is 3.51. The number of aromatic nitrogens is 2. The standard InChI is InChI=1S/C10H6N2S2/c13-10-9-8(11-5-12-10)6-3-1-2-4-7(6)14-9/h1-5H,(H,11,12,13). The quantitative estimate of drug-likeness (QED) is 0.585. The fourth-order valence-corrected chi connectivity index (χ4v) is 2.89. The Labute approximate surface area is 89.2 Å². The summed E-state index contributed by atoms with van der Waals surface area (Å²) >= 11 is 6.86. The van der Waals surface area contributed by atoms with E-state index in [0.29, 0.717) is 4.64 Å². The molecule has 2 aromatic heterocycles. The fraction of sp³-hybridized carbons (Fsp3) is 0. The van der Waals surface area contributed by atoms with Crippen LogP contribution in [0.2, 0.25) is 0 Å². The van der Waals surface area contributed by atoms with Gasteiger partial charge >= 0.3 is 0 Å². The third-order valence-electron chi connectivity index (χ3n) is 2.18. The SMILES string of the molecule is S=c1nc[nH]c2c1sc1ccccc12. The van der Waals surface area contributed by atoms with E-state index in [-0.39, 0.29) is 0 Å². The van der Waals surface area contributed by atoms with Gasteiger partial charge in [-0.2, -0.15) is 0 Å². The largest absolute Gasteiger partial charge is 0.345 e. The van der Waals surface area contributed by atoms with E-state index in [1.807, 2.05) is 12.1 Å². The Kier molecular flexibility index (Phi) is 1.65. The number of aromatic amines is 1. The zero-order chi connectivity index (χ0) is 9.54. The summed E-state index contributed by atoms with van der Waals surface area (Å²) in [5.41, 5.74) is 1.10. The third kappa shape index (κ3) is 1.01. The Morgan fingerprint density at radius 1 is 1.29 bits per heavy atom. The predicted molar refractivity (Wildman–Crippen MR) is 62.3 cm³/mol. The van der Waals surface area contributed by atoms with Gasteiger partial charge in [-0.1, -0.05) is 30.4 Å². The molecule has 2 heterocycles. The second-order valence-electron chi connectivity index (χ2n) is 3.01. The summed E-state index contributed by atoms with van der Waals surface area (Å²) in [5, 5.41) is 1.22. The van der Waals surface area contributed by atoms with E-state index in [1.165, 1.54) is 10.1 Å². The molecule has 4 heteroatoms. The summed E-state index contributed by atoms with van der Waals surface area (Å²) in [7, 11) is 0. The highest BCUT2D eigenvalue weighted by Crippen LogP contribution is 2.31. The van der Waals surface area contributed by atoms with Gasteiger partial charge in [0.2, 0.25) is 0 Å². The number of nitrogens with zero attached hydrogens (tertiary/aromatic N) is 1. The highest BCUT2D eigenvalue weighted by molar-refractivity contribution is 7.71. The van der Waals surface area contributed by atoms with Crippen LogP contribution in [0, 0.1) is 4.64 Å². The van der Waals surface area contributed by atoms with Crippen LogP contribution in [0.1, 0.15) is 0 Å². The Morgan fingerprint density at radius 3 is 3.07 bits per heavy atom. The summed E-state index contributed by atoms with van der Waals surface area (Å²) in [6.45, 7) is 0. The molecule has 0 spiro atoms. The zero-order valence-electron chi connectivity index (χ0n) is 7.15. The van der Waals surface area contributed by atoms with Gasteiger partial charge in [-0.3, -0.25) is 0 Å². The molecule has 1 aromatic carbocycles. The minimum absolute atomic E-state index is 0.681. The molecule has 0 radical (unpaired) electrons. The first-order chi connectivity index (χ1) is 6.86. The van der Waals surface area contributed by atoms with Gasteiger partial charge in [-0.15, -0.1) is 11.3 Å². The molecule has 0 aliphatic rings. The van der Waals surface area contributed by atoms with Gasteiger partial charge in [-0.05, 0) is 6.07 Å². The number of benzene rings is 1. The van der Waals surface area contributed by atoms with Crippen LogP contribution < -0.4 is 0 Å². The van der Waals surface area contributed by atoms with Crippen molar-refractivity contribution in [2.75, 3.05) is 0 Å². The van der Waals surface area contributed by atoms with Gasteiger partial charge in [0.25, 0.3) is 0 Å². The van der Waals surface area contributed by atoms with Crippen molar-refractivity contribution in [3.8, 4) is 0 Å². The van der Waals surface area contributed by atoms with Crippen LogP contribution in [0.3, 0.4) is 0 Å². The maximum Gasteiger partial charge on any atom is 0.147 e. The maximum atomic E-state index is 5.17. The molecule has 0 fully saturated rings. The van der Waals surface area contributed by atoms with Crippen molar-refractivity contribution in [3.63, 3.8) is 0 Å². The molecule has 0 aliphatic carbocycles. The average molecular weight is 218 g/mol. The molecule has 2 nitrogen and oxygen atoms in total. The second-order valence-corrected chi connectivity index (χ2v) is 4.45. The lowest BCUT2D eigenvalue weighted by atomic mass is 10.2. The number of nitrogens with one attached hydrogen (secondary N) is 1. The molecule has 0 unspecified atom stereocenters. The molecule has 68 valence electrons. The van der Waals surface area contributed by atoms with Crippen molar-refractivity contribution in [1.29, 1.82) is 0 Å². The number of thiophene rings is 1. The molecular formula is C10H6N2S2. The first kappa shape index (κ1) is 8.08. The minimum Gasteiger partial charge on any atom is -0.345 e. The summed E-state index contributed by atoms with van der Waals surface area (Å²) in [6, 6.07) is 8.27. The number of fused-ring (bicyclic) bond motifs is 3. The van der Waals surface area contributed by atoms with E-state index in [4.69, 9.17) is 12.2 Å². The fourth-order valence-electron chi connectivity index (χ4n) is 1.55. The van der Waals surface area contributed by atoms with Crippen molar-refractivity contribution in [2.24, 2.45) is 0 Å². The Morgan fingerprint density at radius 2 is 2.14 bits per heavy atom. The van der Waals surface area contributed by atoms with Crippen LogP contribution in [-0.2, 0) is 0 Å². The summed E-state index contributed by atoms with van der Waals surface area (Å²) < 4.78 is 3.00. The monoisotopic (exact) mass is 218 g/mol. The Hall–Kier alpha value is -1.26. The smallest absolute Gasteiger partial charge is 0.147 e. The van der Waals surface area contributed by atoms with Crippen molar-refractivity contribution in [3.05, 3.63) is 35.2 Å². The van der Waals surface area contributed by atoms with Crippen LogP contribution in [0.5, 0.6) is 0 Å². The highest BCUT2D eigenvalue weighted by Gasteiger charge is 2.04. The van der Waals surface area contributed by atoms with E-state index in [1.54, 1.807) is 17.7 Å². The molecule has 3 rings (SSSR count). The number of rotatable bonds is 0. The van der Waals surface area contributed by atoms with Crippen molar-refractivity contribution in [2.45, 2.75) is 0 Å². The molecule has 1 N–H and O–H groups in total. The molecule has 0 aliphatic heterocycles. The Bertz CT molecular complexity index is 666. The van der Waals surface area contributed by atoms with E-state index in [0.717, 1.165) is 10.2 Å². The zero-order valence-corrected chi connectivity index (χ0v) is 8.78. The van der Waals surface area contributed by atoms with Crippen molar-refractivity contribution in [1.82, 2.24) is 9.97 Å². The first-order valence-corrected chi connectivity index (χ1v) is 5.43. The molecule has 0 bridgehead atoms. The van der Waals surface area contributed by atoms with Gasteiger partial charge in [0.1, 0.15) is 4.64 Å². The van der Waals surface area contributed by atoms with E-state index < -0.39 is 0 Å². The lowest BCUT2D eigenvalue weighted by Gasteiger charge is -1.89. The summed E-state index contributed by atoms with van der Waals surface area (Å²) in [5.74, 6) is 0. The van der Waals surface area contributed by atoms with Crippen LogP contribution in [-0.4, -0.2) is 9.97 Å². The van der Waals surface area contributed by atoms with Crippen LogP contribution in [0.4, 0.5) is 0 Å². The number of hydrogen-bond donors (Lipinski definition) is 1. The molecule has 0 saturated carbocycles. The van der Waals surface area contributed by atoms with Gasteiger partial charge < -0.3 is 4.98 Å². The molecule has 14 heavy (non-hydrogen) atoms. The molecule has 0 amide bonds. The molecule has 0 saturated heterocycles.